The lowest BCUT2D eigenvalue weighted by atomic mass is 9.92. The fourth-order valence-electron chi connectivity index (χ4n) is 1.51. The number of halogens is 3. The Kier molecular flexibility index (Phi) is 3.60. The molecule has 0 N–H and O–H groups in total. The van der Waals surface area contributed by atoms with Gasteiger partial charge in [0.1, 0.15) is 6.04 Å². The second-order valence-electron chi connectivity index (χ2n) is 3.14. The first-order valence-electron chi connectivity index (χ1n) is 4.24. The fourth-order valence-corrected chi connectivity index (χ4v) is 1.51. The summed E-state index contributed by atoms with van der Waals surface area (Å²) in [5, 5.41) is 2.82. The molecule has 1 aliphatic heterocycles. The molecule has 1 heterocycles. The Morgan fingerprint density at radius 3 is 2.36 bits per heavy atom. The molecule has 0 amide bonds. The van der Waals surface area contributed by atoms with Crippen molar-refractivity contribution in [2.75, 3.05) is 13.2 Å². The average Bonchev–Trinajstić information content (AvgIpc) is 2.14. The van der Waals surface area contributed by atoms with Gasteiger partial charge in [0.25, 0.3) is 0 Å². The minimum atomic E-state index is -4.45. The van der Waals surface area contributed by atoms with Gasteiger partial charge in [-0.05, 0) is 24.3 Å². The van der Waals surface area contributed by atoms with Crippen molar-refractivity contribution in [1.29, 1.82) is 0 Å². The number of hydrogen-bond acceptors (Lipinski definition) is 2. The highest BCUT2D eigenvalue weighted by molar-refractivity contribution is 4.84. The molecule has 1 rings (SSSR count). The quantitative estimate of drug-likeness (QED) is 0.391. The van der Waals surface area contributed by atoms with Crippen LogP contribution < -0.4 is 0 Å². The molecule has 4 nitrogen and oxygen atoms in total. The summed E-state index contributed by atoms with van der Waals surface area (Å²) in [6, 6.07) is -1.91. The van der Waals surface area contributed by atoms with E-state index in [0.717, 1.165) is 0 Å². The number of nitrogens with zero attached hydrogens (tertiary/aromatic N) is 3. The van der Waals surface area contributed by atoms with Gasteiger partial charge in [0.2, 0.25) is 0 Å². The van der Waals surface area contributed by atoms with Crippen LogP contribution in [0.5, 0.6) is 0 Å². The summed E-state index contributed by atoms with van der Waals surface area (Å²) in [6.45, 7) is 0.608. The van der Waals surface area contributed by atoms with E-state index in [4.69, 9.17) is 10.3 Å². The third-order valence-electron chi connectivity index (χ3n) is 2.22. The molecule has 0 radical (unpaired) electrons. The van der Waals surface area contributed by atoms with Crippen LogP contribution in [-0.4, -0.2) is 25.4 Å². The summed E-state index contributed by atoms with van der Waals surface area (Å²) in [6.07, 6.45) is -3.86. The van der Waals surface area contributed by atoms with E-state index in [2.05, 4.69) is 10.0 Å². The molecule has 1 fully saturated rings. The molecule has 14 heavy (non-hydrogen) atoms. The van der Waals surface area contributed by atoms with Gasteiger partial charge in [-0.25, -0.2) is 0 Å². The van der Waals surface area contributed by atoms with Gasteiger partial charge in [-0.1, -0.05) is 5.11 Å². The largest absolute Gasteiger partial charge is 0.397 e. The van der Waals surface area contributed by atoms with Crippen LogP contribution in [0.1, 0.15) is 12.8 Å². The zero-order valence-electron chi connectivity index (χ0n) is 7.37. The number of ether oxygens (including phenoxy) is 1. The normalized spacial score (nSPS) is 21.4. The van der Waals surface area contributed by atoms with Crippen molar-refractivity contribution in [2.45, 2.75) is 25.1 Å². The van der Waals surface area contributed by atoms with Crippen LogP contribution in [-0.2, 0) is 4.74 Å². The summed E-state index contributed by atoms with van der Waals surface area (Å²) in [5.41, 5.74) is 8.06. The molecule has 7 heteroatoms. The monoisotopic (exact) mass is 209 g/mol. The average molecular weight is 209 g/mol. The van der Waals surface area contributed by atoms with Gasteiger partial charge in [-0.2, -0.15) is 13.2 Å². The van der Waals surface area contributed by atoms with E-state index in [1.54, 1.807) is 0 Å². The summed E-state index contributed by atoms with van der Waals surface area (Å²) in [7, 11) is 0. The highest BCUT2D eigenvalue weighted by Gasteiger charge is 2.44. The van der Waals surface area contributed by atoms with Gasteiger partial charge in [-0.15, -0.1) is 0 Å². The first kappa shape index (κ1) is 11.1. The predicted octanol–water partition coefficient (Wildman–Crippen LogP) is 2.65. The zero-order chi connectivity index (χ0) is 10.6. The lowest BCUT2D eigenvalue weighted by Crippen LogP contribution is -2.37. The second kappa shape index (κ2) is 4.52. The van der Waals surface area contributed by atoms with E-state index in [-0.39, 0.29) is 0 Å². The molecule has 0 aromatic heterocycles. The number of azide groups is 1. The van der Waals surface area contributed by atoms with Crippen LogP contribution >= 0.6 is 0 Å². The summed E-state index contributed by atoms with van der Waals surface area (Å²) < 4.78 is 42.1. The van der Waals surface area contributed by atoms with E-state index in [0.29, 0.717) is 26.1 Å². The van der Waals surface area contributed by atoms with Gasteiger partial charge in [0, 0.05) is 18.1 Å². The van der Waals surface area contributed by atoms with Crippen molar-refractivity contribution in [3.05, 3.63) is 10.4 Å². The maximum absolute atomic E-state index is 12.4. The van der Waals surface area contributed by atoms with Crippen LogP contribution in [0.15, 0.2) is 5.11 Å². The van der Waals surface area contributed by atoms with E-state index in [1.807, 2.05) is 0 Å². The van der Waals surface area contributed by atoms with Gasteiger partial charge in [-0.3, -0.25) is 0 Å². The van der Waals surface area contributed by atoms with E-state index < -0.39 is 18.1 Å². The fraction of sp³-hybridized carbons (Fsp3) is 1.00. The van der Waals surface area contributed by atoms with Crippen molar-refractivity contribution in [3.63, 3.8) is 0 Å². The summed E-state index contributed by atoms with van der Waals surface area (Å²) in [4.78, 5) is 2.24. The van der Waals surface area contributed by atoms with Crippen LogP contribution in [0.2, 0.25) is 0 Å². The molecular weight excluding hydrogens is 199 g/mol. The first-order valence-corrected chi connectivity index (χ1v) is 4.24. The third-order valence-corrected chi connectivity index (χ3v) is 2.22. The highest BCUT2D eigenvalue weighted by Crippen LogP contribution is 2.33. The Morgan fingerprint density at radius 2 is 1.93 bits per heavy atom. The SMILES string of the molecule is [N-]=[N+]=NC(C1CCOCC1)C(F)(F)F. The maximum Gasteiger partial charge on any atom is 0.397 e. The van der Waals surface area contributed by atoms with Crippen molar-refractivity contribution < 1.29 is 17.9 Å². The Morgan fingerprint density at radius 1 is 1.36 bits per heavy atom. The highest BCUT2D eigenvalue weighted by atomic mass is 19.4. The molecule has 0 saturated carbocycles. The maximum atomic E-state index is 12.4. The second-order valence-corrected chi connectivity index (χ2v) is 3.14. The predicted molar refractivity (Wildman–Crippen MR) is 42.5 cm³/mol. The van der Waals surface area contributed by atoms with Gasteiger partial charge in [0.05, 0.1) is 0 Å². The standard InChI is InChI=1S/C7H10F3N3O/c8-7(9,10)6(12-13-11)5-1-3-14-4-2-5/h5-6H,1-4H2. The zero-order valence-corrected chi connectivity index (χ0v) is 7.37. The van der Waals surface area contributed by atoms with E-state index in [9.17, 15) is 13.2 Å². The molecule has 1 unspecified atom stereocenters. The van der Waals surface area contributed by atoms with E-state index in [1.165, 1.54) is 0 Å². The molecule has 0 bridgehead atoms. The lowest BCUT2D eigenvalue weighted by molar-refractivity contribution is -0.164. The number of hydrogen-bond donors (Lipinski definition) is 0. The van der Waals surface area contributed by atoms with Crippen molar-refractivity contribution >= 4 is 0 Å². The molecule has 80 valence electrons. The first-order chi connectivity index (χ1) is 6.55. The van der Waals surface area contributed by atoms with E-state index >= 15 is 0 Å². The van der Waals surface area contributed by atoms with Crippen LogP contribution in [0.4, 0.5) is 13.2 Å². The molecule has 1 aliphatic rings. The topological polar surface area (TPSA) is 58.0 Å². The van der Waals surface area contributed by atoms with Gasteiger partial charge >= 0.3 is 6.18 Å². The smallest absolute Gasteiger partial charge is 0.381 e. The summed E-state index contributed by atoms with van der Waals surface area (Å²) in [5.74, 6) is -0.639. The Balaban J connectivity index is 2.70. The van der Waals surface area contributed by atoms with Crippen molar-refractivity contribution in [3.8, 4) is 0 Å². The minimum absolute atomic E-state index is 0.295. The molecule has 0 spiro atoms. The third kappa shape index (κ3) is 2.78. The Hall–Kier alpha value is -0.940. The molecular formula is C7H10F3N3O. The molecule has 0 aliphatic carbocycles. The Bertz CT molecular complexity index is 231. The van der Waals surface area contributed by atoms with Crippen LogP contribution in [0, 0.1) is 5.92 Å². The van der Waals surface area contributed by atoms with Crippen LogP contribution in [0.25, 0.3) is 10.4 Å². The van der Waals surface area contributed by atoms with Crippen molar-refractivity contribution in [1.82, 2.24) is 0 Å². The number of alkyl halides is 3. The number of rotatable bonds is 2. The molecule has 0 aromatic carbocycles. The minimum Gasteiger partial charge on any atom is -0.381 e. The summed E-state index contributed by atoms with van der Waals surface area (Å²) >= 11 is 0. The van der Waals surface area contributed by atoms with Gasteiger partial charge < -0.3 is 4.74 Å². The Labute approximate surface area is 78.7 Å². The molecule has 1 saturated heterocycles. The molecule has 0 aromatic rings. The van der Waals surface area contributed by atoms with Gasteiger partial charge in [0.15, 0.2) is 0 Å². The van der Waals surface area contributed by atoms with Crippen LogP contribution in [0.3, 0.4) is 0 Å². The molecule has 1 atom stereocenters. The lowest BCUT2D eigenvalue weighted by Gasteiger charge is -2.28. The van der Waals surface area contributed by atoms with Crippen molar-refractivity contribution in [2.24, 2.45) is 11.0 Å².